The predicted molar refractivity (Wildman–Crippen MR) is 58.8 cm³/mol. The Kier molecular flexibility index (Phi) is 15.5. The zero-order chi connectivity index (χ0) is 10.5. The molecule has 0 spiro atoms. The molecule has 0 radical (unpaired) electrons. The fraction of sp³-hybridized carbons (Fsp3) is 0.700. The van der Waals surface area contributed by atoms with Crippen molar-refractivity contribution >= 4 is 0 Å². The molecule has 0 amide bonds. The first-order valence-corrected chi connectivity index (χ1v) is 5.05. The molecule has 0 saturated carbocycles. The normalized spacial score (nSPS) is 7.77. The maximum Gasteiger partial charge on any atom is 0.0533 e. The highest BCUT2D eigenvalue weighted by Crippen LogP contribution is 1.80. The van der Waals surface area contributed by atoms with Gasteiger partial charge in [0.25, 0.3) is 0 Å². The third-order valence-electron chi connectivity index (χ3n) is 1.15. The lowest BCUT2D eigenvalue weighted by molar-refractivity contribution is 0.585. The van der Waals surface area contributed by atoms with Gasteiger partial charge in [0.05, 0.1) is 6.54 Å². The zero-order valence-corrected chi connectivity index (χ0v) is 9.54. The van der Waals surface area contributed by atoms with Crippen molar-refractivity contribution in [3.8, 4) is 0 Å². The Morgan fingerprint density at radius 1 is 1.23 bits per heavy atom. The highest BCUT2D eigenvalue weighted by molar-refractivity contribution is 4.77. The van der Waals surface area contributed by atoms with Crippen LogP contribution in [0.2, 0.25) is 0 Å². The van der Waals surface area contributed by atoms with Gasteiger partial charge in [-0.25, -0.2) is 0 Å². The van der Waals surface area contributed by atoms with Crippen molar-refractivity contribution in [3.63, 3.8) is 0 Å². The summed E-state index contributed by atoms with van der Waals surface area (Å²) in [7, 11) is 1.93. The summed E-state index contributed by atoms with van der Waals surface area (Å²) in [6.45, 7) is 9.92. The van der Waals surface area contributed by atoms with Crippen LogP contribution in [0.25, 0.3) is 0 Å². The first kappa shape index (κ1) is 14.7. The van der Waals surface area contributed by atoms with Crippen LogP contribution in [0.4, 0.5) is 0 Å². The van der Waals surface area contributed by atoms with E-state index in [1.54, 1.807) is 6.20 Å². The van der Waals surface area contributed by atoms with E-state index in [2.05, 4.69) is 10.4 Å². The molecule has 1 heterocycles. The average molecular weight is 185 g/mol. The van der Waals surface area contributed by atoms with Crippen LogP contribution in [0, 0.1) is 0 Å². The minimum Gasteiger partial charge on any atom is -0.318 e. The quantitative estimate of drug-likeness (QED) is 0.782. The Morgan fingerprint density at radius 3 is 2.23 bits per heavy atom. The Balaban J connectivity index is 0. The van der Waals surface area contributed by atoms with Gasteiger partial charge in [-0.05, 0) is 13.1 Å². The fourth-order valence-electron chi connectivity index (χ4n) is 0.659. The lowest BCUT2D eigenvalue weighted by Gasteiger charge is -1.97. The van der Waals surface area contributed by atoms with E-state index in [-0.39, 0.29) is 0 Å². The molecule has 3 heteroatoms. The van der Waals surface area contributed by atoms with Crippen LogP contribution < -0.4 is 5.32 Å². The molecule has 0 saturated heterocycles. The molecule has 0 aliphatic carbocycles. The van der Waals surface area contributed by atoms with Crippen molar-refractivity contribution in [1.29, 1.82) is 0 Å². The van der Waals surface area contributed by atoms with Crippen LogP contribution in [0.15, 0.2) is 18.5 Å². The first-order chi connectivity index (χ1) is 6.43. The number of likely N-dealkylation sites (N-methyl/N-ethyl adjacent to an activating group) is 1. The first-order valence-electron chi connectivity index (χ1n) is 5.05. The van der Waals surface area contributed by atoms with Gasteiger partial charge in [-0.2, -0.15) is 5.10 Å². The molecular formula is C10H23N3. The standard InChI is InChI=1S/C6H11N3.2C2H6/c1-7-4-6-9-5-2-3-8-9;2*1-2/h2-3,5,7H,4,6H2,1H3;2*1-2H3. The highest BCUT2D eigenvalue weighted by Gasteiger charge is 1.84. The SMILES string of the molecule is CC.CC.CNCCn1cccn1. The molecular weight excluding hydrogens is 162 g/mol. The van der Waals surface area contributed by atoms with E-state index in [0.717, 1.165) is 13.1 Å². The minimum atomic E-state index is 0.948. The monoisotopic (exact) mass is 185 g/mol. The molecule has 0 atom stereocenters. The molecule has 0 aromatic carbocycles. The van der Waals surface area contributed by atoms with Crippen molar-refractivity contribution in [2.75, 3.05) is 13.6 Å². The van der Waals surface area contributed by atoms with Gasteiger partial charge < -0.3 is 5.32 Å². The van der Waals surface area contributed by atoms with Gasteiger partial charge in [-0.3, -0.25) is 4.68 Å². The Morgan fingerprint density at radius 2 is 1.85 bits per heavy atom. The second kappa shape index (κ2) is 13.7. The summed E-state index contributed by atoms with van der Waals surface area (Å²) in [6, 6.07) is 1.93. The van der Waals surface area contributed by atoms with E-state index < -0.39 is 0 Å². The van der Waals surface area contributed by atoms with Crippen LogP contribution >= 0.6 is 0 Å². The van der Waals surface area contributed by atoms with E-state index in [0.29, 0.717) is 0 Å². The number of hydrogen-bond donors (Lipinski definition) is 1. The molecule has 0 bridgehead atoms. The summed E-state index contributed by atoms with van der Waals surface area (Å²) in [5.41, 5.74) is 0. The van der Waals surface area contributed by atoms with Gasteiger partial charge in [0.2, 0.25) is 0 Å². The fourth-order valence-corrected chi connectivity index (χ4v) is 0.659. The Bertz CT molecular complexity index is 147. The molecule has 1 rings (SSSR count). The van der Waals surface area contributed by atoms with E-state index in [1.165, 1.54) is 0 Å². The van der Waals surface area contributed by atoms with Crippen molar-refractivity contribution in [1.82, 2.24) is 15.1 Å². The zero-order valence-electron chi connectivity index (χ0n) is 9.54. The summed E-state index contributed by atoms with van der Waals surface area (Å²) in [4.78, 5) is 0. The molecule has 13 heavy (non-hydrogen) atoms. The van der Waals surface area contributed by atoms with Crippen LogP contribution in [0.3, 0.4) is 0 Å². The summed E-state index contributed by atoms with van der Waals surface area (Å²) in [5.74, 6) is 0. The minimum absolute atomic E-state index is 0.948. The molecule has 0 aliphatic heterocycles. The molecule has 0 aliphatic rings. The third-order valence-corrected chi connectivity index (χ3v) is 1.15. The molecule has 78 valence electrons. The molecule has 0 fully saturated rings. The van der Waals surface area contributed by atoms with E-state index in [9.17, 15) is 0 Å². The molecule has 0 unspecified atom stereocenters. The summed E-state index contributed by atoms with van der Waals surface area (Å²) in [5, 5.41) is 7.08. The van der Waals surface area contributed by atoms with Crippen LogP contribution in [0.5, 0.6) is 0 Å². The van der Waals surface area contributed by atoms with Crippen LogP contribution in [0.1, 0.15) is 27.7 Å². The second-order valence-electron chi connectivity index (χ2n) is 1.87. The summed E-state index contributed by atoms with van der Waals surface area (Å²) < 4.78 is 1.90. The van der Waals surface area contributed by atoms with Gasteiger partial charge in [0, 0.05) is 18.9 Å². The molecule has 1 aromatic rings. The smallest absolute Gasteiger partial charge is 0.0533 e. The molecule has 1 N–H and O–H groups in total. The average Bonchev–Trinajstić information content (AvgIpc) is 2.73. The Labute approximate surface area is 82.2 Å². The number of rotatable bonds is 3. The number of aromatic nitrogens is 2. The van der Waals surface area contributed by atoms with Crippen molar-refractivity contribution in [2.45, 2.75) is 34.2 Å². The van der Waals surface area contributed by atoms with Gasteiger partial charge in [-0.1, -0.05) is 27.7 Å². The maximum atomic E-state index is 4.03. The van der Waals surface area contributed by atoms with Crippen molar-refractivity contribution < 1.29 is 0 Å². The lowest BCUT2D eigenvalue weighted by atomic mass is 10.6. The van der Waals surface area contributed by atoms with Gasteiger partial charge >= 0.3 is 0 Å². The van der Waals surface area contributed by atoms with Gasteiger partial charge in [-0.15, -0.1) is 0 Å². The second-order valence-corrected chi connectivity index (χ2v) is 1.87. The van der Waals surface area contributed by atoms with Gasteiger partial charge in [0.15, 0.2) is 0 Å². The number of nitrogens with zero attached hydrogens (tertiary/aromatic N) is 2. The molecule has 3 nitrogen and oxygen atoms in total. The third kappa shape index (κ3) is 9.08. The summed E-state index contributed by atoms with van der Waals surface area (Å²) >= 11 is 0. The summed E-state index contributed by atoms with van der Waals surface area (Å²) in [6.07, 6.45) is 3.74. The van der Waals surface area contributed by atoms with E-state index >= 15 is 0 Å². The van der Waals surface area contributed by atoms with Crippen LogP contribution in [-0.2, 0) is 6.54 Å². The van der Waals surface area contributed by atoms with E-state index in [1.807, 2.05) is 51.7 Å². The largest absolute Gasteiger partial charge is 0.318 e. The van der Waals surface area contributed by atoms with Crippen LogP contribution in [-0.4, -0.2) is 23.4 Å². The molecule has 1 aromatic heterocycles. The topological polar surface area (TPSA) is 29.9 Å². The lowest BCUT2D eigenvalue weighted by Crippen LogP contribution is -2.14. The van der Waals surface area contributed by atoms with Gasteiger partial charge in [0.1, 0.15) is 0 Å². The number of nitrogens with one attached hydrogen (secondary N) is 1. The predicted octanol–water partition coefficient (Wildman–Crippen LogP) is 2.15. The highest BCUT2D eigenvalue weighted by atomic mass is 15.3. The number of hydrogen-bond acceptors (Lipinski definition) is 2. The van der Waals surface area contributed by atoms with E-state index in [4.69, 9.17) is 0 Å². The Hall–Kier alpha value is -0.830. The maximum absolute atomic E-state index is 4.03. The van der Waals surface area contributed by atoms with Crippen molar-refractivity contribution in [2.24, 2.45) is 0 Å². The van der Waals surface area contributed by atoms with Crippen molar-refractivity contribution in [3.05, 3.63) is 18.5 Å².